The number of aromatic nitrogens is 3. The molecule has 0 spiro atoms. The molecule has 1 N–H and O–H groups in total. The maximum absolute atomic E-state index is 11.9. The van der Waals surface area contributed by atoms with Crippen LogP contribution in [-0.2, 0) is 9.53 Å². The fourth-order valence-corrected chi connectivity index (χ4v) is 2.17. The van der Waals surface area contributed by atoms with Crippen LogP contribution in [0.5, 0.6) is 5.75 Å². The number of ether oxygens (including phenoxy) is 2. The number of hydrogen-bond acceptors (Lipinski definition) is 6. The zero-order chi connectivity index (χ0) is 16.3. The van der Waals surface area contributed by atoms with Gasteiger partial charge in [-0.15, -0.1) is 5.10 Å². The Morgan fingerprint density at radius 3 is 2.36 bits per heavy atom. The van der Waals surface area contributed by atoms with Crippen LogP contribution in [0.2, 0.25) is 0 Å². The van der Waals surface area contributed by atoms with E-state index in [-0.39, 0.29) is 18.3 Å². The quantitative estimate of drug-likeness (QED) is 0.687. The molecule has 0 bridgehead atoms. The average molecular weight is 303 g/mol. The first-order chi connectivity index (χ1) is 10.4. The van der Waals surface area contributed by atoms with E-state index in [0.29, 0.717) is 17.0 Å². The highest BCUT2D eigenvalue weighted by Crippen LogP contribution is 2.30. The molecule has 0 aliphatic carbocycles. The summed E-state index contributed by atoms with van der Waals surface area (Å²) in [5.74, 6) is -0.407. The summed E-state index contributed by atoms with van der Waals surface area (Å²) in [6, 6.07) is 3.57. The highest BCUT2D eigenvalue weighted by atomic mass is 16.5. The average Bonchev–Trinajstić information content (AvgIpc) is 2.92. The Morgan fingerprint density at radius 2 is 1.82 bits per heavy atom. The minimum atomic E-state index is -0.536. The molecule has 2 rings (SSSR count). The third kappa shape index (κ3) is 3.13. The first kappa shape index (κ1) is 15.7. The normalized spacial score (nSPS) is 10.4. The summed E-state index contributed by atoms with van der Waals surface area (Å²) in [6.07, 6.45) is 0. The molecule has 1 aromatic carbocycles. The third-order valence-electron chi connectivity index (χ3n) is 3.00. The van der Waals surface area contributed by atoms with Gasteiger partial charge >= 0.3 is 11.9 Å². The first-order valence-electron chi connectivity index (χ1n) is 6.82. The molecule has 1 heterocycles. The smallest absolute Gasteiger partial charge is 0.361 e. The van der Waals surface area contributed by atoms with E-state index in [4.69, 9.17) is 9.47 Å². The van der Waals surface area contributed by atoms with Gasteiger partial charge in [-0.1, -0.05) is 0 Å². The molecule has 0 fully saturated rings. The zero-order valence-electron chi connectivity index (χ0n) is 12.9. The van der Waals surface area contributed by atoms with Crippen molar-refractivity contribution in [3.63, 3.8) is 0 Å². The molecule has 0 saturated heterocycles. The molecule has 22 heavy (non-hydrogen) atoms. The van der Waals surface area contributed by atoms with Crippen molar-refractivity contribution in [3.05, 3.63) is 29.0 Å². The minimum absolute atomic E-state index is 0.126. The summed E-state index contributed by atoms with van der Waals surface area (Å²) in [5.41, 5.74) is 2.76. The van der Waals surface area contributed by atoms with E-state index in [1.807, 2.05) is 13.8 Å². The van der Waals surface area contributed by atoms with E-state index in [1.54, 1.807) is 19.1 Å². The molecule has 0 atom stereocenters. The van der Waals surface area contributed by atoms with E-state index < -0.39 is 5.97 Å². The Bertz CT molecular complexity index is 698. The third-order valence-corrected chi connectivity index (χ3v) is 3.00. The summed E-state index contributed by atoms with van der Waals surface area (Å²) < 4.78 is 10.1. The lowest BCUT2D eigenvalue weighted by molar-refractivity contribution is -0.131. The first-order valence-corrected chi connectivity index (χ1v) is 6.82. The van der Waals surface area contributed by atoms with Crippen LogP contribution < -0.4 is 4.74 Å². The summed E-state index contributed by atoms with van der Waals surface area (Å²) in [5, 5.41) is 10.3. The second kappa shape index (κ2) is 6.38. The van der Waals surface area contributed by atoms with Crippen molar-refractivity contribution in [3.8, 4) is 17.0 Å². The number of aryl methyl sites for hydroxylation is 2. The molecule has 1 aromatic heterocycles. The highest BCUT2D eigenvalue weighted by molar-refractivity contribution is 5.94. The van der Waals surface area contributed by atoms with Crippen LogP contribution in [0.4, 0.5) is 0 Å². The van der Waals surface area contributed by atoms with Gasteiger partial charge in [0.05, 0.1) is 6.61 Å². The van der Waals surface area contributed by atoms with Gasteiger partial charge in [0.2, 0.25) is 0 Å². The summed E-state index contributed by atoms with van der Waals surface area (Å²) in [7, 11) is 0. The van der Waals surface area contributed by atoms with E-state index in [2.05, 4.69) is 15.4 Å². The van der Waals surface area contributed by atoms with Crippen molar-refractivity contribution in [1.82, 2.24) is 15.4 Å². The molecule has 0 saturated carbocycles. The van der Waals surface area contributed by atoms with E-state index >= 15 is 0 Å². The van der Waals surface area contributed by atoms with Gasteiger partial charge in [-0.3, -0.25) is 4.79 Å². The van der Waals surface area contributed by atoms with Crippen molar-refractivity contribution in [2.24, 2.45) is 0 Å². The van der Waals surface area contributed by atoms with Crippen LogP contribution in [0.25, 0.3) is 11.3 Å². The van der Waals surface area contributed by atoms with Gasteiger partial charge in [0, 0.05) is 12.5 Å². The van der Waals surface area contributed by atoms with Crippen molar-refractivity contribution < 1.29 is 19.1 Å². The zero-order valence-corrected chi connectivity index (χ0v) is 12.9. The summed E-state index contributed by atoms with van der Waals surface area (Å²) >= 11 is 0. The molecule has 0 unspecified atom stereocenters. The van der Waals surface area contributed by atoms with Crippen molar-refractivity contribution >= 4 is 11.9 Å². The van der Waals surface area contributed by atoms with E-state index in [9.17, 15) is 9.59 Å². The molecule has 7 heteroatoms. The van der Waals surface area contributed by atoms with Gasteiger partial charge in [-0.2, -0.15) is 10.3 Å². The Kier molecular flexibility index (Phi) is 4.55. The lowest BCUT2D eigenvalue weighted by atomic mass is 10.0. The second-order valence-electron chi connectivity index (χ2n) is 4.77. The minimum Gasteiger partial charge on any atom is -0.461 e. The van der Waals surface area contributed by atoms with Gasteiger partial charge in [0.1, 0.15) is 11.4 Å². The number of H-pyrrole nitrogens is 1. The number of aromatic amines is 1. The fraction of sp³-hybridized carbons (Fsp3) is 0.333. The van der Waals surface area contributed by atoms with Crippen molar-refractivity contribution in [2.45, 2.75) is 27.7 Å². The standard InChI is InChI=1S/C15H17N3O4/c1-5-21-15(20)13-12(16-18-17-13)11-6-8(2)14(9(3)7-11)22-10(4)19/h6-7H,5H2,1-4H3,(H,16,17,18). The van der Waals surface area contributed by atoms with Crippen LogP contribution in [0.1, 0.15) is 35.5 Å². The van der Waals surface area contributed by atoms with Gasteiger partial charge in [-0.05, 0) is 44.0 Å². The second-order valence-corrected chi connectivity index (χ2v) is 4.77. The maximum Gasteiger partial charge on any atom is 0.361 e. The number of nitrogens with one attached hydrogen (secondary N) is 1. The molecule has 2 aromatic rings. The number of benzene rings is 1. The molecular formula is C15H17N3O4. The van der Waals surface area contributed by atoms with Gasteiger partial charge in [-0.25, -0.2) is 4.79 Å². The van der Waals surface area contributed by atoms with Crippen molar-refractivity contribution in [1.29, 1.82) is 0 Å². The molecule has 0 aliphatic heterocycles. The molecule has 7 nitrogen and oxygen atoms in total. The van der Waals surface area contributed by atoms with Crippen LogP contribution >= 0.6 is 0 Å². The van der Waals surface area contributed by atoms with E-state index in [0.717, 1.165) is 11.1 Å². The highest BCUT2D eigenvalue weighted by Gasteiger charge is 2.20. The Balaban J connectivity index is 2.45. The number of nitrogens with zero attached hydrogens (tertiary/aromatic N) is 2. The lowest BCUT2D eigenvalue weighted by Crippen LogP contribution is -2.07. The SMILES string of the molecule is CCOC(=O)c1n[nH]nc1-c1cc(C)c(OC(C)=O)c(C)c1. The predicted octanol–water partition coefficient (Wildman–Crippen LogP) is 2.19. The number of hydrogen-bond donors (Lipinski definition) is 1. The van der Waals surface area contributed by atoms with Crippen LogP contribution in [0.15, 0.2) is 12.1 Å². The van der Waals surface area contributed by atoms with Crippen LogP contribution in [-0.4, -0.2) is 34.0 Å². The number of carbonyl (C=O) groups excluding carboxylic acids is 2. The maximum atomic E-state index is 11.9. The molecule has 116 valence electrons. The number of rotatable bonds is 4. The van der Waals surface area contributed by atoms with Crippen LogP contribution in [0.3, 0.4) is 0 Å². The van der Waals surface area contributed by atoms with Gasteiger partial charge < -0.3 is 9.47 Å². The Labute approximate surface area is 127 Å². The number of esters is 2. The molecule has 0 radical (unpaired) electrons. The number of carbonyl (C=O) groups is 2. The largest absolute Gasteiger partial charge is 0.461 e. The fourth-order valence-electron chi connectivity index (χ4n) is 2.17. The van der Waals surface area contributed by atoms with Gasteiger partial charge in [0.25, 0.3) is 0 Å². The predicted molar refractivity (Wildman–Crippen MR) is 78.6 cm³/mol. The van der Waals surface area contributed by atoms with Gasteiger partial charge in [0.15, 0.2) is 5.69 Å². The van der Waals surface area contributed by atoms with Crippen LogP contribution in [0, 0.1) is 13.8 Å². The topological polar surface area (TPSA) is 94.2 Å². The lowest BCUT2D eigenvalue weighted by Gasteiger charge is -2.11. The molecule has 0 amide bonds. The summed E-state index contributed by atoms with van der Waals surface area (Å²) in [6.45, 7) is 6.97. The Hall–Kier alpha value is -2.70. The Morgan fingerprint density at radius 1 is 1.18 bits per heavy atom. The monoisotopic (exact) mass is 303 g/mol. The van der Waals surface area contributed by atoms with E-state index in [1.165, 1.54) is 6.92 Å². The summed E-state index contributed by atoms with van der Waals surface area (Å²) in [4.78, 5) is 23.0. The van der Waals surface area contributed by atoms with Crippen molar-refractivity contribution in [2.75, 3.05) is 6.61 Å². The molecular weight excluding hydrogens is 286 g/mol. The molecule has 0 aliphatic rings.